The second kappa shape index (κ2) is 11.7. The molecule has 0 aliphatic carbocycles. The van der Waals surface area contributed by atoms with Crippen molar-refractivity contribution in [2.45, 2.75) is 58.5 Å². The fraction of sp³-hybridized carbons (Fsp3) is 0.400. The lowest BCUT2D eigenvalue weighted by Crippen LogP contribution is -2.49. The molecule has 36 heavy (non-hydrogen) atoms. The fourth-order valence-corrected chi connectivity index (χ4v) is 5.56. The van der Waals surface area contributed by atoms with Crippen molar-refractivity contribution in [3.05, 3.63) is 87.6 Å². The molecular weight excluding hydrogens is 468 g/mol. The van der Waals surface area contributed by atoms with Gasteiger partial charge in [-0.05, 0) is 72.5 Å². The average Bonchev–Trinajstić information content (AvgIpc) is 3.39. The highest BCUT2D eigenvalue weighted by Gasteiger charge is 2.34. The van der Waals surface area contributed by atoms with Gasteiger partial charge >= 0.3 is 0 Å². The molecule has 2 amide bonds. The number of amides is 2. The monoisotopic (exact) mass is 504 g/mol. The van der Waals surface area contributed by atoms with Crippen LogP contribution in [0.15, 0.2) is 66.0 Å². The summed E-state index contributed by atoms with van der Waals surface area (Å²) in [4.78, 5) is 32.0. The van der Waals surface area contributed by atoms with Crippen LogP contribution < -0.4 is 4.74 Å². The van der Waals surface area contributed by atoms with Crippen molar-refractivity contribution in [2.75, 3.05) is 19.7 Å². The molecule has 190 valence electrons. The number of rotatable bonds is 9. The summed E-state index contributed by atoms with van der Waals surface area (Å²) in [7, 11) is 0. The Labute approximate surface area is 218 Å². The molecule has 2 atom stereocenters. The Morgan fingerprint density at radius 2 is 1.78 bits per heavy atom. The Morgan fingerprint density at radius 1 is 1.06 bits per heavy atom. The lowest BCUT2D eigenvalue weighted by molar-refractivity contribution is -0.136. The van der Waals surface area contributed by atoms with Gasteiger partial charge in [0.15, 0.2) is 0 Å². The van der Waals surface area contributed by atoms with Crippen molar-refractivity contribution >= 4 is 23.2 Å². The first-order valence-corrected chi connectivity index (χ1v) is 13.7. The van der Waals surface area contributed by atoms with Crippen LogP contribution in [0, 0.1) is 0 Å². The van der Waals surface area contributed by atoms with Gasteiger partial charge in [-0.2, -0.15) is 0 Å². The van der Waals surface area contributed by atoms with E-state index in [4.69, 9.17) is 4.74 Å². The zero-order chi connectivity index (χ0) is 25.7. The van der Waals surface area contributed by atoms with Crippen LogP contribution in [0.4, 0.5) is 0 Å². The largest absolute Gasteiger partial charge is 0.491 e. The molecule has 3 aromatic rings. The van der Waals surface area contributed by atoms with Crippen molar-refractivity contribution in [1.29, 1.82) is 0 Å². The van der Waals surface area contributed by atoms with Crippen molar-refractivity contribution < 1.29 is 14.3 Å². The molecule has 1 aliphatic rings. The molecule has 0 spiro atoms. The van der Waals surface area contributed by atoms with E-state index < -0.39 is 0 Å². The van der Waals surface area contributed by atoms with Crippen LogP contribution in [0.5, 0.6) is 5.75 Å². The maximum Gasteiger partial charge on any atom is 0.254 e. The third-order valence-electron chi connectivity index (χ3n) is 7.08. The quantitative estimate of drug-likeness (QED) is 0.343. The number of fused-ring (bicyclic) bond motifs is 1. The van der Waals surface area contributed by atoms with Gasteiger partial charge in [0.25, 0.3) is 5.91 Å². The van der Waals surface area contributed by atoms with Gasteiger partial charge in [0.05, 0.1) is 6.04 Å². The number of ether oxygens (including phenoxy) is 1. The highest BCUT2D eigenvalue weighted by Crippen LogP contribution is 2.34. The van der Waals surface area contributed by atoms with Crippen LogP contribution in [-0.4, -0.2) is 47.4 Å². The zero-order valence-electron chi connectivity index (χ0n) is 21.6. The Morgan fingerprint density at radius 3 is 2.44 bits per heavy atom. The molecule has 0 unspecified atom stereocenters. The minimum Gasteiger partial charge on any atom is -0.491 e. The van der Waals surface area contributed by atoms with E-state index in [1.54, 1.807) is 16.2 Å². The van der Waals surface area contributed by atoms with E-state index in [0.29, 0.717) is 24.6 Å². The first kappa shape index (κ1) is 26.0. The summed E-state index contributed by atoms with van der Waals surface area (Å²) in [6.45, 7) is 9.45. The normalized spacial score (nSPS) is 15.9. The summed E-state index contributed by atoms with van der Waals surface area (Å²) < 4.78 is 6.21. The average molecular weight is 505 g/mol. The third-order valence-corrected chi connectivity index (χ3v) is 8.08. The third kappa shape index (κ3) is 5.81. The summed E-state index contributed by atoms with van der Waals surface area (Å²) in [5, 5.41) is 2.09. The van der Waals surface area contributed by atoms with E-state index in [9.17, 15) is 9.59 Å². The molecule has 1 aromatic heterocycles. The minimum atomic E-state index is -0.178. The predicted molar refractivity (Wildman–Crippen MR) is 146 cm³/mol. The summed E-state index contributed by atoms with van der Waals surface area (Å²) in [5.41, 5.74) is 3.03. The smallest absolute Gasteiger partial charge is 0.254 e. The number of nitrogens with zero attached hydrogens (tertiary/aromatic N) is 2. The topological polar surface area (TPSA) is 49.9 Å². The van der Waals surface area contributed by atoms with E-state index in [-0.39, 0.29) is 30.4 Å². The molecule has 0 radical (unpaired) electrons. The molecule has 0 fully saturated rings. The van der Waals surface area contributed by atoms with Gasteiger partial charge in [-0.15, -0.1) is 11.3 Å². The van der Waals surface area contributed by atoms with Gasteiger partial charge in [0, 0.05) is 23.0 Å². The molecule has 0 saturated heterocycles. The lowest BCUT2D eigenvalue weighted by atomic mass is 10.00. The number of benzene rings is 2. The van der Waals surface area contributed by atoms with Crippen molar-refractivity contribution in [2.24, 2.45) is 0 Å². The van der Waals surface area contributed by atoms with Crippen LogP contribution in [0.1, 0.15) is 72.4 Å². The molecule has 5 nitrogen and oxygen atoms in total. The van der Waals surface area contributed by atoms with Gasteiger partial charge in [-0.25, -0.2) is 0 Å². The van der Waals surface area contributed by atoms with E-state index in [1.165, 1.54) is 10.4 Å². The first-order valence-electron chi connectivity index (χ1n) is 12.8. The van der Waals surface area contributed by atoms with Gasteiger partial charge in [-0.3, -0.25) is 9.59 Å². The second-order valence-electron chi connectivity index (χ2n) is 9.74. The molecule has 2 heterocycles. The van der Waals surface area contributed by atoms with Crippen LogP contribution >= 0.6 is 11.3 Å². The fourth-order valence-electron chi connectivity index (χ4n) is 4.63. The molecular formula is C30H36N2O3S. The van der Waals surface area contributed by atoms with E-state index in [2.05, 4.69) is 37.4 Å². The molecule has 4 rings (SSSR count). The summed E-state index contributed by atoms with van der Waals surface area (Å²) in [6.07, 6.45) is 1.60. The van der Waals surface area contributed by atoms with Gasteiger partial charge in [-0.1, -0.05) is 51.1 Å². The molecule has 1 aliphatic heterocycles. The summed E-state index contributed by atoms with van der Waals surface area (Å²) in [6, 6.07) is 19.3. The van der Waals surface area contributed by atoms with Crippen molar-refractivity contribution in [1.82, 2.24) is 9.80 Å². The van der Waals surface area contributed by atoms with Gasteiger partial charge in [0.1, 0.15) is 18.9 Å². The van der Waals surface area contributed by atoms with Gasteiger partial charge < -0.3 is 14.5 Å². The van der Waals surface area contributed by atoms with E-state index in [1.807, 2.05) is 61.2 Å². The number of hydrogen-bond donors (Lipinski definition) is 0. The molecule has 6 heteroatoms. The molecule has 0 bridgehead atoms. The SMILES string of the molecule is CC[C@H](C)N(CC(=O)N1CCc2sccc2[C@@H]1COc1ccc(C(C)C)cc1)C(=O)c1ccccc1. The zero-order valence-corrected chi connectivity index (χ0v) is 22.5. The maximum absolute atomic E-state index is 13.7. The predicted octanol–water partition coefficient (Wildman–Crippen LogP) is 6.32. The molecule has 2 aromatic carbocycles. The Balaban J connectivity index is 1.52. The Bertz CT molecular complexity index is 1160. The van der Waals surface area contributed by atoms with Crippen LogP contribution in [0.25, 0.3) is 0 Å². The number of carbonyl (C=O) groups excluding carboxylic acids is 2. The van der Waals surface area contributed by atoms with Crippen LogP contribution in [0.2, 0.25) is 0 Å². The number of thiophene rings is 1. The van der Waals surface area contributed by atoms with E-state index >= 15 is 0 Å². The van der Waals surface area contributed by atoms with Crippen molar-refractivity contribution in [3.63, 3.8) is 0 Å². The summed E-state index contributed by atoms with van der Waals surface area (Å²) >= 11 is 1.74. The van der Waals surface area contributed by atoms with Crippen LogP contribution in [-0.2, 0) is 11.2 Å². The highest BCUT2D eigenvalue weighted by atomic mass is 32.1. The molecule has 0 N–H and O–H groups in total. The Kier molecular flexibility index (Phi) is 8.47. The highest BCUT2D eigenvalue weighted by molar-refractivity contribution is 7.10. The van der Waals surface area contributed by atoms with Gasteiger partial charge in [0.2, 0.25) is 5.91 Å². The van der Waals surface area contributed by atoms with Crippen LogP contribution in [0.3, 0.4) is 0 Å². The minimum absolute atomic E-state index is 0.0415. The second-order valence-corrected chi connectivity index (χ2v) is 10.7. The lowest BCUT2D eigenvalue weighted by Gasteiger charge is -2.38. The molecule has 0 saturated carbocycles. The first-order chi connectivity index (χ1) is 17.4. The Hall–Kier alpha value is -3.12. The van der Waals surface area contributed by atoms with Crippen molar-refractivity contribution in [3.8, 4) is 5.75 Å². The van der Waals surface area contributed by atoms with E-state index in [0.717, 1.165) is 24.2 Å². The standard InChI is InChI=1S/C30H36N2O3S/c1-5-22(4)32(30(34)24-9-7-6-8-10-24)19-29(33)31-17-15-28-26(16-18-36-28)27(31)20-35-25-13-11-23(12-14-25)21(2)3/h6-14,16,18,21-22,27H,5,15,17,19-20H2,1-4H3/t22-,27-/m0/s1. The summed E-state index contributed by atoms with van der Waals surface area (Å²) in [5.74, 6) is 1.12. The number of carbonyl (C=O) groups is 2. The maximum atomic E-state index is 13.7. The number of hydrogen-bond acceptors (Lipinski definition) is 4.